The summed E-state index contributed by atoms with van der Waals surface area (Å²) in [4.78, 5) is 10.9. The van der Waals surface area contributed by atoms with E-state index in [-0.39, 0.29) is 12.6 Å². The standard InChI is InChI=1S/C21H41FO2/c1-24-21(23)19-17-15-13-11-9-7-5-3-2-4-6-8-10-12-14-16-18-20-22/h2-20H2,1H3. The highest BCUT2D eigenvalue weighted by molar-refractivity contribution is 5.68. The van der Waals surface area contributed by atoms with E-state index >= 15 is 0 Å². The molecule has 0 spiro atoms. The third-order valence-electron chi connectivity index (χ3n) is 4.74. The first-order valence-electron chi connectivity index (χ1n) is 10.4. The van der Waals surface area contributed by atoms with Crippen molar-refractivity contribution in [2.45, 2.75) is 116 Å². The van der Waals surface area contributed by atoms with Gasteiger partial charge in [-0.2, -0.15) is 0 Å². The minimum Gasteiger partial charge on any atom is -0.469 e. The normalized spacial score (nSPS) is 10.9. The molecule has 0 atom stereocenters. The lowest BCUT2D eigenvalue weighted by atomic mass is 10.0. The number of hydrogen-bond donors (Lipinski definition) is 0. The van der Waals surface area contributed by atoms with Crippen LogP contribution in [0.5, 0.6) is 0 Å². The van der Waals surface area contributed by atoms with Crippen LogP contribution in [-0.2, 0) is 9.53 Å². The van der Waals surface area contributed by atoms with Crippen molar-refractivity contribution in [3.8, 4) is 0 Å². The summed E-state index contributed by atoms with van der Waals surface area (Å²) in [5.74, 6) is -0.0770. The molecule has 0 N–H and O–H groups in total. The van der Waals surface area contributed by atoms with Gasteiger partial charge in [0.2, 0.25) is 0 Å². The number of esters is 1. The van der Waals surface area contributed by atoms with E-state index in [1.807, 2.05) is 0 Å². The Hall–Kier alpha value is -0.600. The number of rotatable bonds is 19. The molecule has 0 radical (unpaired) electrons. The van der Waals surface area contributed by atoms with Gasteiger partial charge in [-0.3, -0.25) is 9.18 Å². The quantitative estimate of drug-likeness (QED) is 0.184. The van der Waals surface area contributed by atoms with Gasteiger partial charge in [0.1, 0.15) is 0 Å². The molecule has 0 aromatic heterocycles. The summed E-state index contributed by atoms with van der Waals surface area (Å²) < 4.78 is 16.5. The second-order valence-corrected chi connectivity index (χ2v) is 7.03. The van der Waals surface area contributed by atoms with E-state index in [0.717, 1.165) is 25.7 Å². The smallest absolute Gasteiger partial charge is 0.305 e. The van der Waals surface area contributed by atoms with Gasteiger partial charge in [-0.1, -0.05) is 96.3 Å². The van der Waals surface area contributed by atoms with E-state index in [1.165, 1.54) is 90.6 Å². The second kappa shape index (κ2) is 20.4. The number of unbranched alkanes of at least 4 members (excludes halogenated alkanes) is 16. The lowest BCUT2D eigenvalue weighted by Gasteiger charge is -2.03. The number of halogens is 1. The molecule has 0 aromatic carbocycles. The Morgan fingerprint density at radius 3 is 1.17 bits per heavy atom. The summed E-state index contributed by atoms with van der Waals surface area (Å²) in [5, 5.41) is 0. The van der Waals surface area contributed by atoms with E-state index in [0.29, 0.717) is 6.42 Å². The summed E-state index contributed by atoms with van der Waals surface area (Å²) in [6.45, 7) is -0.143. The average Bonchev–Trinajstić information content (AvgIpc) is 2.60. The molecule has 0 heterocycles. The molecule has 0 aliphatic heterocycles. The lowest BCUT2D eigenvalue weighted by Crippen LogP contribution is -1.99. The molecule has 0 amide bonds. The number of ether oxygens (including phenoxy) is 1. The van der Waals surface area contributed by atoms with Gasteiger partial charge in [0, 0.05) is 6.42 Å². The molecule has 0 saturated heterocycles. The van der Waals surface area contributed by atoms with Crippen LogP contribution in [0.4, 0.5) is 4.39 Å². The first-order chi connectivity index (χ1) is 11.8. The summed E-state index contributed by atoms with van der Waals surface area (Å²) in [5.41, 5.74) is 0. The highest BCUT2D eigenvalue weighted by Crippen LogP contribution is 2.14. The highest BCUT2D eigenvalue weighted by atomic mass is 19.1. The Morgan fingerprint density at radius 1 is 0.583 bits per heavy atom. The summed E-state index contributed by atoms with van der Waals surface area (Å²) in [6.07, 6.45) is 21.9. The van der Waals surface area contributed by atoms with Gasteiger partial charge >= 0.3 is 5.97 Å². The van der Waals surface area contributed by atoms with Gasteiger partial charge in [-0.25, -0.2) is 0 Å². The molecule has 144 valence electrons. The van der Waals surface area contributed by atoms with Gasteiger partial charge in [-0.05, 0) is 12.8 Å². The first kappa shape index (κ1) is 23.4. The lowest BCUT2D eigenvalue weighted by molar-refractivity contribution is -0.140. The largest absolute Gasteiger partial charge is 0.469 e. The molecule has 0 saturated carbocycles. The van der Waals surface area contributed by atoms with Crippen LogP contribution in [0.15, 0.2) is 0 Å². The third-order valence-corrected chi connectivity index (χ3v) is 4.74. The predicted octanol–water partition coefficient (Wildman–Crippen LogP) is 7.15. The van der Waals surface area contributed by atoms with Crippen LogP contribution in [0.25, 0.3) is 0 Å². The molecule has 0 rings (SSSR count). The molecule has 0 aliphatic rings. The van der Waals surface area contributed by atoms with Crippen molar-refractivity contribution in [2.24, 2.45) is 0 Å². The molecule has 0 bridgehead atoms. The highest BCUT2D eigenvalue weighted by Gasteiger charge is 1.99. The van der Waals surface area contributed by atoms with Crippen LogP contribution in [0.1, 0.15) is 116 Å². The fourth-order valence-electron chi connectivity index (χ4n) is 3.12. The number of carbonyl (C=O) groups excluding carboxylic acids is 1. The molecule has 0 fully saturated rings. The van der Waals surface area contributed by atoms with Crippen LogP contribution >= 0.6 is 0 Å². The fraction of sp³-hybridized carbons (Fsp3) is 0.952. The van der Waals surface area contributed by atoms with Crippen LogP contribution in [0.2, 0.25) is 0 Å². The molecule has 0 unspecified atom stereocenters. The van der Waals surface area contributed by atoms with Gasteiger partial charge < -0.3 is 4.74 Å². The van der Waals surface area contributed by atoms with Crippen molar-refractivity contribution in [1.29, 1.82) is 0 Å². The van der Waals surface area contributed by atoms with Crippen molar-refractivity contribution >= 4 is 5.97 Å². The van der Waals surface area contributed by atoms with E-state index in [2.05, 4.69) is 4.74 Å². The number of methoxy groups -OCH3 is 1. The third kappa shape index (κ3) is 19.4. The van der Waals surface area contributed by atoms with Crippen LogP contribution in [0, 0.1) is 0 Å². The maximum atomic E-state index is 11.9. The SMILES string of the molecule is COC(=O)CCCCCCCCCCCCCCCCCCCF. The summed E-state index contributed by atoms with van der Waals surface area (Å²) in [6, 6.07) is 0. The Balaban J connectivity index is 2.99. The monoisotopic (exact) mass is 344 g/mol. The van der Waals surface area contributed by atoms with E-state index in [1.54, 1.807) is 0 Å². The van der Waals surface area contributed by atoms with Gasteiger partial charge in [0.15, 0.2) is 0 Å². The Morgan fingerprint density at radius 2 is 0.875 bits per heavy atom. The van der Waals surface area contributed by atoms with Crippen molar-refractivity contribution in [3.63, 3.8) is 0 Å². The number of carbonyl (C=O) groups is 1. The average molecular weight is 345 g/mol. The zero-order chi connectivity index (χ0) is 17.7. The van der Waals surface area contributed by atoms with Crippen LogP contribution in [-0.4, -0.2) is 19.8 Å². The molecule has 0 aliphatic carbocycles. The molecule has 3 heteroatoms. The van der Waals surface area contributed by atoms with Crippen molar-refractivity contribution in [3.05, 3.63) is 0 Å². The van der Waals surface area contributed by atoms with E-state index in [4.69, 9.17) is 0 Å². The van der Waals surface area contributed by atoms with Gasteiger partial charge in [0.25, 0.3) is 0 Å². The Labute approximate surface area is 149 Å². The minimum atomic E-state index is -0.143. The topological polar surface area (TPSA) is 26.3 Å². The van der Waals surface area contributed by atoms with Crippen molar-refractivity contribution in [2.75, 3.05) is 13.8 Å². The second-order valence-electron chi connectivity index (χ2n) is 7.03. The van der Waals surface area contributed by atoms with Gasteiger partial charge in [-0.15, -0.1) is 0 Å². The van der Waals surface area contributed by atoms with E-state index < -0.39 is 0 Å². The number of hydrogen-bond acceptors (Lipinski definition) is 2. The van der Waals surface area contributed by atoms with Crippen LogP contribution < -0.4 is 0 Å². The van der Waals surface area contributed by atoms with Crippen molar-refractivity contribution < 1.29 is 13.9 Å². The van der Waals surface area contributed by atoms with Crippen molar-refractivity contribution in [1.82, 2.24) is 0 Å². The Kier molecular flexibility index (Phi) is 19.9. The summed E-state index contributed by atoms with van der Waals surface area (Å²) >= 11 is 0. The fourth-order valence-corrected chi connectivity index (χ4v) is 3.12. The van der Waals surface area contributed by atoms with Crippen LogP contribution in [0.3, 0.4) is 0 Å². The molecule has 24 heavy (non-hydrogen) atoms. The first-order valence-corrected chi connectivity index (χ1v) is 10.4. The zero-order valence-corrected chi connectivity index (χ0v) is 16.1. The summed E-state index contributed by atoms with van der Waals surface area (Å²) in [7, 11) is 1.46. The molecular formula is C21H41FO2. The maximum Gasteiger partial charge on any atom is 0.305 e. The zero-order valence-electron chi connectivity index (χ0n) is 16.1. The van der Waals surface area contributed by atoms with Gasteiger partial charge in [0.05, 0.1) is 13.8 Å². The molecule has 2 nitrogen and oxygen atoms in total. The molecular weight excluding hydrogens is 303 g/mol. The predicted molar refractivity (Wildman–Crippen MR) is 101 cm³/mol. The Bertz CT molecular complexity index is 256. The molecule has 0 aromatic rings. The van der Waals surface area contributed by atoms with E-state index in [9.17, 15) is 9.18 Å². The number of alkyl halides is 1. The minimum absolute atomic E-state index is 0.0770. The maximum absolute atomic E-state index is 11.9.